The number of hydrogen-bond acceptors (Lipinski definition) is 6. The zero-order valence-corrected chi connectivity index (χ0v) is 18.0. The van der Waals surface area contributed by atoms with Crippen molar-refractivity contribution >= 4 is 37.4 Å². The smallest absolute Gasteiger partial charge is 0.213 e. The summed E-state index contributed by atoms with van der Waals surface area (Å²) in [7, 11) is -3.15. The molecule has 2 aliphatic rings. The molecule has 1 aliphatic heterocycles. The standard InChI is InChI=1S/C21H24N4O2S2/c1-2-29(26,27)25-12-10-24(11-13-25)20-18-17(15-6-4-3-5-7-15)14-28-21(18)23-19(22-20)16-8-9-16/h3-7,14,16H,2,8-13H2,1H3. The average Bonchev–Trinajstić information content (AvgIpc) is 3.53. The fraction of sp³-hybridized carbons (Fsp3) is 0.429. The highest BCUT2D eigenvalue weighted by Gasteiger charge is 2.31. The summed E-state index contributed by atoms with van der Waals surface area (Å²) < 4.78 is 26.1. The summed E-state index contributed by atoms with van der Waals surface area (Å²) in [4.78, 5) is 13.2. The summed E-state index contributed by atoms with van der Waals surface area (Å²) in [6, 6.07) is 10.4. The van der Waals surface area contributed by atoms with E-state index in [1.165, 1.54) is 0 Å². The van der Waals surface area contributed by atoms with Crippen molar-refractivity contribution in [1.82, 2.24) is 14.3 Å². The highest BCUT2D eigenvalue weighted by Crippen LogP contribution is 2.43. The molecule has 1 saturated carbocycles. The van der Waals surface area contributed by atoms with Gasteiger partial charge in [0.1, 0.15) is 16.5 Å². The first kappa shape index (κ1) is 19.0. The van der Waals surface area contributed by atoms with E-state index >= 15 is 0 Å². The summed E-state index contributed by atoms with van der Waals surface area (Å²) in [5.41, 5.74) is 2.32. The molecule has 3 heterocycles. The van der Waals surface area contributed by atoms with E-state index in [9.17, 15) is 8.42 Å². The Morgan fingerprint density at radius 2 is 1.79 bits per heavy atom. The lowest BCUT2D eigenvalue weighted by molar-refractivity contribution is 0.384. The molecule has 8 heteroatoms. The quantitative estimate of drug-likeness (QED) is 0.620. The van der Waals surface area contributed by atoms with Gasteiger partial charge in [-0.2, -0.15) is 4.31 Å². The molecular weight excluding hydrogens is 404 g/mol. The number of sulfonamides is 1. The van der Waals surface area contributed by atoms with Crippen molar-refractivity contribution in [2.75, 3.05) is 36.8 Å². The van der Waals surface area contributed by atoms with Gasteiger partial charge < -0.3 is 4.90 Å². The maximum atomic E-state index is 12.2. The number of anilines is 1. The first-order chi connectivity index (χ1) is 14.1. The molecule has 0 N–H and O–H groups in total. The molecule has 0 bridgehead atoms. The largest absolute Gasteiger partial charge is 0.353 e. The molecule has 2 aromatic heterocycles. The molecule has 3 aromatic rings. The molecule has 0 unspecified atom stereocenters. The van der Waals surface area contributed by atoms with Crippen molar-refractivity contribution in [2.45, 2.75) is 25.7 Å². The van der Waals surface area contributed by atoms with Gasteiger partial charge in [-0.15, -0.1) is 11.3 Å². The highest BCUT2D eigenvalue weighted by atomic mass is 32.2. The number of piperazine rings is 1. The van der Waals surface area contributed by atoms with Crippen LogP contribution in [0.2, 0.25) is 0 Å². The molecular formula is C21H24N4O2S2. The van der Waals surface area contributed by atoms with Crippen LogP contribution in [0, 0.1) is 0 Å². The Kier molecular flexibility index (Phi) is 4.80. The predicted molar refractivity (Wildman–Crippen MR) is 118 cm³/mol. The molecule has 152 valence electrons. The number of rotatable bonds is 5. The van der Waals surface area contributed by atoms with Crippen LogP contribution in [0.5, 0.6) is 0 Å². The number of thiophene rings is 1. The van der Waals surface area contributed by atoms with Gasteiger partial charge in [-0.05, 0) is 25.3 Å². The van der Waals surface area contributed by atoms with E-state index in [1.54, 1.807) is 22.6 Å². The lowest BCUT2D eigenvalue weighted by atomic mass is 10.1. The third kappa shape index (κ3) is 3.53. The number of aromatic nitrogens is 2. The fourth-order valence-corrected chi connectivity index (χ4v) is 5.92. The predicted octanol–water partition coefficient (Wildman–Crippen LogP) is 3.71. The van der Waals surface area contributed by atoms with Gasteiger partial charge in [-0.3, -0.25) is 0 Å². The second-order valence-electron chi connectivity index (χ2n) is 7.66. The molecule has 0 radical (unpaired) electrons. The lowest BCUT2D eigenvalue weighted by Crippen LogP contribution is -2.49. The van der Waals surface area contributed by atoms with Crippen LogP contribution >= 0.6 is 11.3 Å². The molecule has 0 spiro atoms. The third-order valence-corrected chi connectivity index (χ3v) is 8.51. The van der Waals surface area contributed by atoms with Gasteiger partial charge in [0.25, 0.3) is 0 Å². The van der Waals surface area contributed by atoms with Crippen LogP contribution in [-0.2, 0) is 10.0 Å². The second-order valence-corrected chi connectivity index (χ2v) is 10.8. The van der Waals surface area contributed by atoms with Gasteiger partial charge in [0.15, 0.2) is 0 Å². The van der Waals surface area contributed by atoms with Gasteiger partial charge in [0.05, 0.1) is 11.1 Å². The summed E-state index contributed by atoms with van der Waals surface area (Å²) in [5, 5.41) is 3.27. The van der Waals surface area contributed by atoms with Crippen LogP contribution in [0.25, 0.3) is 21.3 Å². The van der Waals surface area contributed by atoms with E-state index in [0.717, 1.165) is 45.8 Å². The first-order valence-electron chi connectivity index (χ1n) is 10.1. The Morgan fingerprint density at radius 1 is 1.07 bits per heavy atom. The summed E-state index contributed by atoms with van der Waals surface area (Å²) in [6.07, 6.45) is 2.31. The van der Waals surface area contributed by atoms with Crippen LogP contribution in [0.1, 0.15) is 31.5 Å². The molecule has 2 fully saturated rings. The number of nitrogens with zero attached hydrogens (tertiary/aromatic N) is 4. The molecule has 0 amide bonds. The maximum Gasteiger partial charge on any atom is 0.213 e. The van der Waals surface area contributed by atoms with Crippen molar-refractivity contribution in [3.8, 4) is 11.1 Å². The minimum atomic E-state index is -3.15. The Balaban J connectivity index is 1.56. The third-order valence-electron chi connectivity index (χ3n) is 5.76. The van der Waals surface area contributed by atoms with Crippen molar-refractivity contribution in [3.63, 3.8) is 0 Å². The number of fused-ring (bicyclic) bond motifs is 1. The molecule has 1 saturated heterocycles. The van der Waals surface area contributed by atoms with Gasteiger partial charge in [0, 0.05) is 43.0 Å². The molecule has 6 nitrogen and oxygen atoms in total. The van der Waals surface area contributed by atoms with Crippen molar-refractivity contribution in [1.29, 1.82) is 0 Å². The molecule has 5 rings (SSSR count). The van der Waals surface area contributed by atoms with Crippen LogP contribution in [0.4, 0.5) is 5.82 Å². The van der Waals surface area contributed by atoms with E-state index in [-0.39, 0.29) is 5.75 Å². The summed E-state index contributed by atoms with van der Waals surface area (Å²) in [6.45, 7) is 4.02. The second kappa shape index (κ2) is 7.34. The summed E-state index contributed by atoms with van der Waals surface area (Å²) >= 11 is 1.67. The van der Waals surface area contributed by atoms with Crippen molar-refractivity contribution in [2.24, 2.45) is 0 Å². The number of benzene rings is 1. The lowest BCUT2D eigenvalue weighted by Gasteiger charge is -2.35. The highest BCUT2D eigenvalue weighted by molar-refractivity contribution is 7.89. The topological polar surface area (TPSA) is 66.4 Å². The maximum absolute atomic E-state index is 12.2. The van der Waals surface area contributed by atoms with E-state index in [4.69, 9.17) is 9.97 Å². The molecule has 0 atom stereocenters. The van der Waals surface area contributed by atoms with Crippen LogP contribution in [0.15, 0.2) is 35.7 Å². The van der Waals surface area contributed by atoms with Gasteiger partial charge in [0.2, 0.25) is 10.0 Å². The average molecular weight is 429 g/mol. The minimum absolute atomic E-state index is 0.152. The van der Waals surface area contributed by atoms with E-state index in [0.29, 0.717) is 32.1 Å². The van der Waals surface area contributed by atoms with Crippen LogP contribution in [-0.4, -0.2) is 54.6 Å². The van der Waals surface area contributed by atoms with Gasteiger partial charge >= 0.3 is 0 Å². The van der Waals surface area contributed by atoms with Gasteiger partial charge in [-0.25, -0.2) is 18.4 Å². The van der Waals surface area contributed by atoms with E-state index < -0.39 is 10.0 Å². The molecule has 1 aliphatic carbocycles. The number of hydrogen-bond donors (Lipinski definition) is 0. The Bertz CT molecular complexity index is 1130. The normalized spacial score (nSPS) is 18.4. The Hall–Kier alpha value is -2.03. The first-order valence-corrected chi connectivity index (χ1v) is 12.6. The zero-order chi connectivity index (χ0) is 20.0. The van der Waals surface area contributed by atoms with Crippen molar-refractivity contribution in [3.05, 3.63) is 41.5 Å². The zero-order valence-electron chi connectivity index (χ0n) is 16.4. The van der Waals surface area contributed by atoms with E-state index in [1.807, 2.05) is 18.2 Å². The SMILES string of the molecule is CCS(=O)(=O)N1CCN(c2nc(C3CC3)nc3scc(-c4ccccc4)c23)CC1. The molecule has 1 aromatic carbocycles. The Labute approximate surface area is 175 Å². The summed E-state index contributed by atoms with van der Waals surface area (Å²) in [5.74, 6) is 2.53. The Morgan fingerprint density at radius 3 is 2.45 bits per heavy atom. The van der Waals surface area contributed by atoms with E-state index in [2.05, 4.69) is 22.4 Å². The molecule has 29 heavy (non-hydrogen) atoms. The van der Waals surface area contributed by atoms with Gasteiger partial charge in [-0.1, -0.05) is 30.3 Å². The monoisotopic (exact) mass is 428 g/mol. The fourth-order valence-electron chi connectivity index (χ4n) is 3.88. The van der Waals surface area contributed by atoms with Crippen molar-refractivity contribution < 1.29 is 8.42 Å². The van der Waals surface area contributed by atoms with Crippen LogP contribution in [0.3, 0.4) is 0 Å². The van der Waals surface area contributed by atoms with Crippen LogP contribution < -0.4 is 4.90 Å². The minimum Gasteiger partial charge on any atom is -0.353 e.